The maximum atomic E-state index is 12.1. The van der Waals surface area contributed by atoms with Crippen molar-refractivity contribution >= 4 is 28.9 Å². The fourth-order valence-electron chi connectivity index (χ4n) is 2.29. The molecule has 1 aliphatic rings. The minimum Gasteiger partial charge on any atom is -0.397 e. The Kier molecular flexibility index (Phi) is 5.23. The van der Waals surface area contributed by atoms with E-state index < -0.39 is 0 Å². The van der Waals surface area contributed by atoms with Crippen LogP contribution in [0.3, 0.4) is 0 Å². The van der Waals surface area contributed by atoms with Crippen LogP contribution in [0.25, 0.3) is 0 Å². The molecule has 1 aromatic carbocycles. The van der Waals surface area contributed by atoms with E-state index in [4.69, 9.17) is 22.1 Å². The Hall–Kier alpha value is -1.30. The number of ether oxygens (including phenoxy) is 1. The molecule has 0 bridgehead atoms. The van der Waals surface area contributed by atoms with E-state index in [1.54, 1.807) is 18.2 Å². The van der Waals surface area contributed by atoms with Crippen LogP contribution < -0.4 is 11.1 Å². The largest absolute Gasteiger partial charge is 0.397 e. The van der Waals surface area contributed by atoms with Gasteiger partial charge in [0.05, 0.1) is 31.1 Å². The SMILES string of the molecule is CCC1COCCN1CC(=O)Nc1ccc(Cl)cc1N. The Labute approximate surface area is 124 Å². The molecule has 20 heavy (non-hydrogen) atoms. The van der Waals surface area contributed by atoms with Gasteiger partial charge < -0.3 is 15.8 Å². The van der Waals surface area contributed by atoms with Crippen LogP contribution in [0.4, 0.5) is 11.4 Å². The lowest BCUT2D eigenvalue weighted by molar-refractivity contribution is -0.119. The molecule has 1 amide bonds. The highest BCUT2D eigenvalue weighted by Crippen LogP contribution is 2.22. The number of hydrogen-bond acceptors (Lipinski definition) is 4. The lowest BCUT2D eigenvalue weighted by Crippen LogP contribution is -2.48. The van der Waals surface area contributed by atoms with Crippen LogP contribution in [0, 0.1) is 0 Å². The number of anilines is 2. The molecule has 5 nitrogen and oxygen atoms in total. The first-order valence-corrected chi connectivity index (χ1v) is 7.14. The minimum absolute atomic E-state index is 0.0700. The number of halogens is 1. The maximum Gasteiger partial charge on any atom is 0.238 e. The average Bonchev–Trinajstić information content (AvgIpc) is 2.42. The molecule has 1 aromatic rings. The van der Waals surface area contributed by atoms with Gasteiger partial charge in [-0.25, -0.2) is 0 Å². The van der Waals surface area contributed by atoms with Crippen molar-refractivity contribution in [1.82, 2.24) is 4.90 Å². The zero-order chi connectivity index (χ0) is 14.5. The predicted molar refractivity (Wildman–Crippen MR) is 81.0 cm³/mol. The number of hydrogen-bond donors (Lipinski definition) is 2. The number of nitrogen functional groups attached to an aromatic ring is 1. The highest BCUT2D eigenvalue weighted by Gasteiger charge is 2.23. The molecule has 0 aromatic heterocycles. The first-order valence-electron chi connectivity index (χ1n) is 6.76. The van der Waals surface area contributed by atoms with Crippen LogP contribution in [0.1, 0.15) is 13.3 Å². The van der Waals surface area contributed by atoms with Gasteiger partial charge in [0, 0.05) is 17.6 Å². The molecule has 0 saturated carbocycles. The van der Waals surface area contributed by atoms with Crippen molar-refractivity contribution in [3.63, 3.8) is 0 Å². The number of rotatable bonds is 4. The molecule has 1 saturated heterocycles. The highest BCUT2D eigenvalue weighted by molar-refractivity contribution is 6.31. The van der Waals surface area contributed by atoms with Gasteiger partial charge in [-0.2, -0.15) is 0 Å². The van der Waals surface area contributed by atoms with Crippen LogP contribution in [0.5, 0.6) is 0 Å². The van der Waals surface area contributed by atoms with Crippen molar-refractivity contribution in [2.24, 2.45) is 0 Å². The van der Waals surface area contributed by atoms with E-state index in [1.165, 1.54) is 0 Å². The molecule has 0 radical (unpaired) electrons. The third-order valence-corrected chi connectivity index (χ3v) is 3.69. The number of morpholine rings is 1. The lowest BCUT2D eigenvalue weighted by Gasteiger charge is -2.34. The zero-order valence-electron chi connectivity index (χ0n) is 11.6. The van der Waals surface area contributed by atoms with Crippen LogP contribution >= 0.6 is 11.6 Å². The van der Waals surface area contributed by atoms with Gasteiger partial charge in [0.15, 0.2) is 0 Å². The fourth-order valence-corrected chi connectivity index (χ4v) is 2.48. The van der Waals surface area contributed by atoms with E-state index in [1.807, 2.05) is 0 Å². The van der Waals surface area contributed by atoms with Gasteiger partial charge in [-0.05, 0) is 24.6 Å². The number of nitrogens with zero attached hydrogens (tertiary/aromatic N) is 1. The molecule has 1 fully saturated rings. The monoisotopic (exact) mass is 297 g/mol. The number of nitrogens with two attached hydrogens (primary N) is 1. The fraction of sp³-hybridized carbons (Fsp3) is 0.500. The zero-order valence-corrected chi connectivity index (χ0v) is 12.3. The Morgan fingerprint density at radius 1 is 1.60 bits per heavy atom. The molecule has 1 heterocycles. The van der Waals surface area contributed by atoms with Gasteiger partial charge in [-0.1, -0.05) is 18.5 Å². The third kappa shape index (κ3) is 3.85. The van der Waals surface area contributed by atoms with Crippen LogP contribution in [0.15, 0.2) is 18.2 Å². The Balaban J connectivity index is 1.94. The van der Waals surface area contributed by atoms with Crippen molar-refractivity contribution in [2.75, 3.05) is 37.4 Å². The Morgan fingerprint density at radius 3 is 3.10 bits per heavy atom. The van der Waals surface area contributed by atoms with E-state index in [0.29, 0.717) is 42.2 Å². The molecule has 6 heteroatoms. The molecule has 1 unspecified atom stereocenters. The first-order chi connectivity index (χ1) is 9.60. The molecule has 2 rings (SSSR count). The van der Waals surface area contributed by atoms with Crippen molar-refractivity contribution in [2.45, 2.75) is 19.4 Å². The van der Waals surface area contributed by atoms with E-state index >= 15 is 0 Å². The van der Waals surface area contributed by atoms with Gasteiger partial charge in [-0.3, -0.25) is 9.69 Å². The van der Waals surface area contributed by atoms with Crippen LogP contribution in [-0.2, 0) is 9.53 Å². The van der Waals surface area contributed by atoms with Gasteiger partial charge in [0.2, 0.25) is 5.91 Å². The van der Waals surface area contributed by atoms with Gasteiger partial charge in [-0.15, -0.1) is 0 Å². The summed E-state index contributed by atoms with van der Waals surface area (Å²) in [6.07, 6.45) is 0.969. The number of amides is 1. The minimum atomic E-state index is -0.0700. The Bertz CT molecular complexity index is 481. The highest BCUT2D eigenvalue weighted by atomic mass is 35.5. The molecule has 3 N–H and O–H groups in total. The van der Waals surface area contributed by atoms with Gasteiger partial charge in [0.1, 0.15) is 0 Å². The summed E-state index contributed by atoms with van der Waals surface area (Å²) in [6, 6.07) is 5.35. The quantitative estimate of drug-likeness (QED) is 0.834. The van der Waals surface area contributed by atoms with Crippen molar-refractivity contribution in [1.29, 1.82) is 0 Å². The smallest absolute Gasteiger partial charge is 0.238 e. The van der Waals surface area contributed by atoms with E-state index in [2.05, 4.69) is 17.1 Å². The molecule has 1 aliphatic heterocycles. The second-order valence-electron chi connectivity index (χ2n) is 4.89. The first kappa shape index (κ1) is 15.1. The Morgan fingerprint density at radius 2 is 2.40 bits per heavy atom. The second kappa shape index (κ2) is 6.92. The van der Waals surface area contributed by atoms with Gasteiger partial charge >= 0.3 is 0 Å². The molecular weight excluding hydrogens is 278 g/mol. The van der Waals surface area contributed by atoms with Crippen molar-refractivity contribution < 1.29 is 9.53 Å². The standard InChI is InChI=1S/C14H20ClN3O2/c1-2-11-9-20-6-5-18(11)8-14(19)17-13-4-3-10(15)7-12(13)16/h3-4,7,11H,2,5-6,8-9,16H2,1H3,(H,17,19). The maximum absolute atomic E-state index is 12.1. The molecule has 110 valence electrons. The molecule has 0 aliphatic carbocycles. The molecule has 0 spiro atoms. The summed E-state index contributed by atoms with van der Waals surface area (Å²) in [4.78, 5) is 14.2. The van der Waals surface area contributed by atoms with E-state index in [0.717, 1.165) is 13.0 Å². The van der Waals surface area contributed by atoms with E-state index in [-0.39, 0.29) is 5.91 Å². The summed E-state index contributed by atoms with van der Waals surface area (Å²) < 4.78 is 5.43. The lowest BCUT2D eigenvalue weighted by atomic mass is 10.2. The summed E-state index contributed by atoms with van der Waals surface area (Å²) in [5.41, 5.74) is 6.89. The number of benzene rings is 1. The van der Waals surface area contributed by atoms with E-state index in [9.17, 15) is 4.79 Å². The molecule has 1 atom stereocenters. The molecular formula is C14H20ClN3O2. The number of nitrogens with one attached hydrogen (secondary N) is 1. The summed E-state index contributed by atoms with van der Waals surface area (Å²) in [6.45, 7) is 4.59. The number of carbonyl (C=O) groups excluding carboxylic acids is 1. The summed E-state index contributed by atoms with van der Waals surface area (Å²) in [5, 5.41) is 3.38. The number of carbonyl (C=O) groups is 1. The average molecular weight is 298 g/mol. The van der Waals surface area contributed by atoms with Crippen LogP contribution in [0.2, 0.25) is 5.02 Å². The second-order valence-corrected chi connectivity index (χ2v) is 5.32. The normalized spacial score (nSPS) is 19.8. The van der Waals surface area contributed by atoms with Crippen LogP contribution in [-0.4, -0.2) is 43.2 Å². The summed E-state index contributed by atoms with van der Waals surface area (Å²) >= 11 is 5.83. The summed E-state index contributed by atoms with van der Waals surface area (Å²) in [5.74, 6) is -0.0700. The van der Waals surface area contributed by atoms with Gasteiger partial charge in [0.25, 0.3) is 0 Å². The van der Waals surface area contributed by atoms with Crippen molar-refractivity contribution in [3.8, 4) is 0 Å². The third-order valence-electron chi connectivity index (χ3n) is 3.46. The predicted octanol–water partition coefficient (Wildman–Crippen LogP) is 1.97. The topological polar surface area (TPSA) is 67.6 Å². The van der Waals surface area contributed by atoms with Crippen molar-refractivity contribution in [3.05, 3.63) is 23.2 Å². The summed E-state index contributed by atoms with van der Waals surface area (Å²) in [7, 11) is 0.